The van der Waals surface area contributed by atoms with Crippen molar-refractivity contribution in [3.05, 3.63) is 84.9 Å². The molecule has 7 heteroatoms. The number of nitrogens with zero attached hydrogens (tertiary/aromatic N) is 2. The van der Waals surface area contributed by atoms with Gasteiger partial charge in [0.15, 0.2) is 6.61 Å². The monoisotopic (exact) mass is 427 g/mol. The molecule has 0 spiro atoms. The first kappa shape index (κ1) is 21.0. The molecule has 0 radical (unpaired) electrons. The summed E-state index contributed by atoms with van der Waals surface area (Å²) in [5.41, 5.74) is 3.11. The largest absolute Gasteiger partial charge is 0.451 e. The van der Waals surface area contributed by atoms with Crippen molar-refractivity contribution in [2.45, 2.75) is 12.8 Å². The maximum atomic E-state index is 12.5. The predicted molar refractivity (Wildman–Crippen MR) is 122 cm³/mol. The highest BCUT2D eigenvalue weighted by molar-refractivity contribution is 6.38. The smallest absolute Gasteiger partial charge is 0.355 e. The Bertz CT molecular complexity index is 1160. The third-order valence-corrected chi connectivity index (χ3v) is 4.89. The fourth-order valence-corrected chi connectivity index (χ4v) is 3.33. The van der Waals surface area contributed by atoms with E-state index in [0.29, 0.717) is 11.4 Å². The lowest BCUT2D eigenvalue weighted by molar-refractivity contribution is -0.140. The van der Waals surface area contributed by atoms with Gasteiger partial charge in [0.1, 0.15) is 5.71 Å². The van der Waals surface area contributed by atoms with E-state index in [4.69, 9.17) is 4.74 Å². The summed E-state index contributed by atoms with van der Waals surface area (Å²) in [5, 5.41) is 8.12. The van der Waals surface area contributed by atoms with Crippen LogP contribution in [-0.2, 0) is 19.1 Å². The van der Waals surface area contributed by atoms with Crippen molar-refractivity contribution in [3.8, 4) is 11.1 Å². The summed E-state index contributed by atoms with van der Waals surface area (Å²) in [7, 11) is 0. The maximum absolute atomic E-state index is 12.5. The number of anilines is 2. The van der Waals surface area contributed by atoms with E-state index in [9.17, 15) is 14.4 Å². The Kier molecular flexibility index (Phi) is 6.36. The summed E-state index contributed by atoms with van der Waals surface area (Å²) in [6.07, 6.45) is 0.304. The first-order chi connectivity index (χ1) is 15.6. The summed E-state index contributed by atoms with van der Waals surface area (Å²) in [6.45, 7) is -0.458. The average molecular weight is 427 g/mol. The molecule has 0 atom stereocenters. The number of rotatable bonds is 6. The molecule has 32 heavy (non-hydrogen) atoms. The van der Waals surface area contributed by atoms with Crippen molar-refractivity contribution in [1.82, 2.24) is 0 Å². The van der Waals surface area contributed by atoms with E-state index in [2.05, 4.69) is 10.4 Å². The molecule has 1 heterocycles. The van der Waals surface area contributed by atoms with Gasteiger partial charge in [0.25, 0.3) is 5.91 Å². The zero-order chi connectivity index (χ0) is 22.3. The van der Waals surface area contributed by atoms with Crippen molar-refractivity contribution in [2.75, 3.05) is 16.9 Å². The highest BCUT2D eigenvalue weighted by atomic mass is 16.5. The minimum absolute atomic E-state index is 0.103. The molecule has 2 amide bonds. The lowest BCUT2D eigenvalue weighted by Gasteiger charge is -2.22. The number of para-hydroxylation sites is 2. The van der Waals surface area contributed by atoms with Gasteiger partial charge in [0.05, 0.1) is 5.69 Å². The highest BCUT2D eigenvalue weighted by Gasteiger charge is 2.26. The molecule has 0 aromatic heterocycles. The second kappa shape index (κ2) is 9.70. The minimum atomic E-state index is -0.718. The molecule has 0 unspecified atom stereocenters. The van der Waals surface area contributed by atoms with Crippen LogP contribution in [0.2, 0.25) is 0 Å². The number of carbonyl (C=O) groups is 3. The molecule has 1 N–H and O–H groups in total. The number of benzene rings is 3. The van der Waals surface area contributed by atoms with Crippen LogP contribution < -0.4 is 10.3 Å². The molecule has 0 bridgehead atoms. The number of carbonyl (C=O) groups excluding carboxylic acids is 3. The Morgan fingerprint density at radius 1 is 0.875 bits per heavy atom. The van der Waals surface area contributed by atoms with Crippen LogP contribution in [0, 0.1) is 0 Å². The third kappa shape index (κ3) is 4.89. The van der Waals surface area contributed by atoms with Gasteiger partial charge < -0.3 is 10.1 Å². The van der Waals surface area contributed by atoms with E-state index >= 15 is 0 Å². The highest BCUT2D eigenvalue weighted by Crippen LogP contribution is 2.27. The van der Waals surface area contributed by atoms with Gasteiger partial charge in [-0.2, -0.15) is 5.10 Å². The summed E-state index contributed by atoms with van der Waals surface area (Å²) >= 11 is 0. The van der Waals surface area contributed by atoms with E-state index in [1.807, 2.05) is 54.6 Å². The van der Waals surface area contributed by atoms with E-state index in [1.165, 1.54) is 5.01 Å². The van der Waals surface area contributed by atoms with Gasteiger partial charge in [0, 0.05) is 24.1 Å². The van der Waals surface area contributed by atoms with Crippen LogP contribution in [0.25, 0.3) is 11.1 Å². The van der Waals surface area contributed by atoms with Crippen LogP contribution >= 0.6 is 0 Å². The van der Waals surface area contributed by atoms with Gasteiger partial charge in [-0.25, -0.2) is 9.80 Å². The molecule has 160 valence electrons. The van der Waals surface area contributed by atoms with Crippen molar-refractivity contribution in [3.63, 3.8) is 0 Å². The molecule has 3 aromatic rings. The first-order valence-corrected chi connectivity index (χ1v) is 10.2. The second-order valence-electron chi connectivity index (χ2n) is 7.12. The van der Waals surface area contributed by atoms with Gasteiger partial charge in [-0.15, -0.1) is 0 Å². The van der Waals surface area contributed by atoms with Gasteiger partial charge >= 0.3 is 5.97 Å². The van der Waals surface area contributed by atoms with E-state index < -0.39 is 18.5 Å². The van der Waals surface area contributed by atoms with Crippen LogP contribution in [-0.4, -0.2) is 30.1 Å². The number of hydrazone groups is 1. The van der Waals surface area contributed by atoms with Crippen molar-refractivity contribution in [2.24, 2.45) is 5.10 Å². The lowest BCUT2D eigenvalue weighted by Crippen LogP contribution is -2.35. The van der Waals surface area contributed by atoms with Crippen LogP contribution in [0.4, 0.5) is 11.4 Å². The molecule has 0 aliphatic carbocycles. The van der Waals surface area contributed by atoms with Gasteiger partial charge in [-0.1, -0.05) is 66.7 Å². The van der Waals surface area contributed by atoms with Gasteiger partial charge in [-0.3, -0.25) is 9.59 Å². The number of hydrogen-bond donors (Lipinski definition) is 1. The van der Waals surface area contributed by atoms with Crippen LogP contribution in [0.5, 0.6) is 0 Å². The molecular formula is C25H21N3O4. The Hall–Kier alpha value is -4.26. The molecular weight excluding hydrogens is 406 g/mol. The topological polar surface area (TPSA) is 88.1 Å². The minimum Gasteiger partial charge on any atom is -0.451 e. The van der Waals surface area contributed by atoms with Gasteiger partial charge in [0.2, 0.25) is 5.91 Å². The number of hydrogen-bond acceptors (Lipinski definition) is 5. The Balaban J connectivity index is 1.40. The lowest BCUT2D eigenvalue weighted by atomic mass is 10.0. The molecule has 4 rings (SSSR count). The Morgan fingerprint density at radius 3 is 2.28 bits per heavy atom. The zero-order valence-electron chi connectivity index (χ0n) is 17.2. The van der Waals surface area contributed by atoms with Gasteiger partial charge in [-0.05, 0) is 23.8 Å². The summed E-state index contributed by atoms with van der Waals surface area (Å²) < 4.78 is 5.16. The molecule has 0 saturated heterocycles. The maximum Gasteiger partial charge on any atom is 0.355 e. The summed E-state index contributed by atoms with van der Waals surface area (Å²) in [5.74, 6) is -1.39. The molecule has 3 aromatic carbocycles. The van der Waals surface area contributed by atoms with Crippen molar-refractivity contribution < 1.29 is 19.1 Å². The van der Waals surface area contributed by atoms with Crippen LogP contribution in [0.15, 0.2) is 90.0 Å². The number of esters is 1. The number of ether oxygens (including phenoxy) is 1. The van der Waals surface area contributed by atoms with Crippen molar-refractivity contribution >= 4 is 34.9 Å². The van der Waals surface area contributed by atoms with Crippen LogP contribution in [0.1, 0.15) is 12.8 Å². The first-order valence-electron chi connectivity index (χ1n) is 10.2. The quantitative estimate of drug-likeness (QED) is 0.602. The molecule has 0 saturated carbocycles. The summed E-state index contributed by atoms with van der Waals surface area (Å²) in [4.78, 5) is 37.1. The summed E-state index contributed by atoms with van der Waals surface area (Å²) in [6, 6.07) is 25.9. The Morgan fingerprint density at radius 2 is 1.53 bits per heavy atom. The Labute approximate surface area is 185 Å². The second-order valence-corrected chi connectivity index (χ2v) is 7.12. The van der Waals surface area contributed by atoms with E-state index in [1.54, 1.807) is 30.3 Å². The molecule has 1 aliphatic rings. The average Bonchev–Trinajstić information content (AvgIpc) is 2.84. The number of amides is 2. The number of nitrogens with one attached hydrogen (secondary N) is 1. The van der Waals surface area contributed by atoms with Crippen LogP contribution in [0.3, 0.4) is 0 Å². The SMILES string of the molecule is O=C(COC(=O)C1=NN(c2ccccc2)C(=O)CC1)Nc1ccccc1-c1ccccc1. The fourth-order valence-electron chi connectivity index (χ4n) is 3.33. The van der Waals surface area contributed by atoms with E-state index in [-0.39, 0.29) is 24.5 Å². The fraction of sp³-hybridized carbons (Fsp3) is 0.120. The van der Waals surface area contributed by atoms with Crippen molar-refractivity contribution in [1.29, 1.82) is 0 Å². The zero-order valence-corrected chi connectivity index (χ0v) is 17.2. The molecule has 0 fully saturated rings. The normalized spacial score (nSPS) is 13.3. The molecule has 1 aliphatic heterocycles. The van der Waals surface area contributed by atoms with E-state index in [0.717, 1.165) is 11.1 Å². The third-order valence-electron chi connectivity index (χ3n) is 4.89. The predicted octanol–water partition coefficient (Wildman–Crippen LogP) is 4.02. The molecule has 7 nitrogen and oxygen atoms in total. The standard InChI is InChI=1S/C25H21N3O4/c29-23(26-21-14-8-7-13-20(21)18-9-3-1-4-10-18)17-32-25(31)22-15-16-24(30)28(27-22)19-11-5-2-6-12-19/h1-14H,15-17H2,(H,26,29).